The quantitative estimate of drug-likeness (QED) is 0.829. The van der Waals surface area contributed by atoms with E-state index in [4.69, 9.17) is 0 Å². The van der Waals surface area contributed by atoms with E-state index in [0.29, 0.717) is 37.4 Å². The zero-order chi connectivity index (χ0) is 19.9. The van der Waals surface area contributed by atoms with Crippen LogP contribution < -0.4 is 5.32 Å². The average Bonchev–Trinajstić information content (AvgIpc) is 2.72. The van der Waals surface area contributed by atoms with Crippen LogP contribution in [0.2, 0.25) is 0 Å². The summed E-state index contributed by atoms with van der Waals surface area (Å²) in [5.74, 6) is 0.821. The van der Waals surface area contributed by atoms with E-state index in [0.717, 1.165) is 30.5 Å². The molecule has 3 rings (SSSR count). The highest BCUT2D eigenvalue weighted by Crippen LogP contribution is 2.29. The van der Waals surface area contributed by atoms with Crippen LogP contribution in [-0.4, -0.2) is 51.3 Å². The SMILES string of the molecule is CCCNC(=O)c1cnc(C)nc1C1CCN(C(=O)Cc2cccnc2)CC1. The molecule has 0 spiro atoms. The Hall–Kier alpha value is -2.83. The highest BCUT2D eigenvalue weighted by molar-refractivity contribution is 5.95. The Kier molecular flexibility index (Phi) is 6.68. The molecule has 1 aliphatic rings. The molecule has 0 radical (unpaired) electrons. The van der Waals surface area contributed by atoms with Crippen molar-refractivity contribution in [2.75, 3.05) is 19.6 Å². The number of likely N-dealkylation sites (tertiary alicyclic amines) is 1. The van der Waals surface area contributed by atoms with Crippen LogP contribution in [-0.2, 0) is 11.2 Å². The number of carbonyl (C=O) groups excluding carboxylic acids is 2. The molecule has 0 unspecified atom stereocenters. The third-order valence-electron chi connectivity index (χ3n) is 5.03. The molecule has 0 saturated carbocycles. The third-order valence-corrected chi connectivity index (χ3v) is 5.03. The first-order valence-electron chi connectivity index (χ1n) is 9.87. The lowest BCUT2D eigenvalue weighted by atomic mass is 9.90. The van der Waals surface area contributed by atoms with Gasteiger partial charge >= 0.3 is 0 Å². The third kappa shape index (κ3) is 4.91. The van der Waals surface area contributed by atoms with Crippen molar-refractivity contribution >= 4 is 11.8 Å². The summed E-state index contributed by atoms with van der Waals surface area (Å²) in [6.45, 7) is 5.83. The van der Waals surface area contributed by atoms with E-state index in [-0.39, 0.29) is 17.7 Å². The Morgan fingerprint density at radius 3 is 2.71 bits per heavy atom. The molecule has 0 aromatic carbocycles. The van der Waals surface area contributed by atoms with E-state index in [9.17, 15) is 9.59 Å². The molecular weight excluding hydrogens is 354 g/mol. The van der Waals surface area contributed by atoms with Gasteiger partial charge in [-0.15, -0.1) is 0 Å². The summed E-state index contributed by atoms with van der Waals surface area (Å²) in [5, 5.41) is 2.91. The maximum Gasteiger partial charge on any atom is 0.254 e. The van der Waals surface area contributed by atoms with Gasteiger partial charge in [0.05, 0.1) is 17.7 Å². The summed E-state index contributed by atoms with van der Waals surface area (Å²) < 4.78 is 0. The first kappa shape index (κ1) is 19.9. The molecule has 0 atom stereocenters. The van der Waals surface area contributed by atoms with Crippen LogP contribution in [0, 0.1) is 6.92 Å². The molecule has 2 aromatic heterocycles. The Morgan fingerprint density at radius 1 is 1.25 bits per heavy atom. The highest BCUT2D eigenvalue weighted by Gasteiger charge is 2.28. The fourth-order valence-corrected chi connectivity index (χ4v) is 3.50. The number of pyridine rings is 1. The van der Waals surface area contributed by atoms with Crippen molar-refractivity contribution in [1.82, 2.24) is 25.2 Å². The summed E-state index contributed by atoms with van der Waals surface area (Å²) in [6, 6.07) is 3.76. The molecule has 0 bridgehead atoms. The van der Waals surface area contributed by atoms with E-state index < -0.39 is 0 Å². The number of rotatable bonds is 6. The van der Waals surface area contributed by atoms with E-state index >= 15 is 0 Å². The normalized spacial score (nSPS) is 14.7. The Bertz CT molecular complexity index is 817. The van der Waals surface area contributed by atoms with Crippen LogP contribution in [0.15, 0.2) is 30.7 Å². The monoisotopic (exact) mass is 381 g/mol. The average molecular weight is 381 g/mol. The standard InChI is InChI=1S/C21H27N5O2/c1-3-8-23-21(28)18-14-24-15(2)25-20(18)17-6-10-26(11-7-17)19(27)12-16-5-4-9-22-13-16/h4-5,9,13-14,17H,3,6-8,10-12H2,1-2H3,(H,23,28). The van der Waals surface area contributed by atoms with Crippen LogP contribution in [0.3, 0.4) is 0 Å². The van der Waals surface area contributed by atoms with Crippen LogP contribution in [0.4, 0.5) is 0 Å². The van der Waals surface area contributed by atoms with Gasteiger partial charge in [0.2, 0.25) is 5.91 Å². The summed E-state index contributed by atoms with van der Waals surface area (Å²) >= 11 is 0. The van der Waals surface area contributed by atoms with Crippen molar-refractivity contribution in [2.24, 2.45) is 0 Å². The maximum atomic E-state index is 12.6. The van der Waals surface area contributed by atoms with E-state index in [1.54, 1.807) is 18.6 Å². The van der Waals surface area contributed by atoms with Gasteiger partial charge in [-0.2, -0.15) is 0 Å². The van der Waals surface area contributed by atoms with Crippen molar-refractivity contribution in [3.05, 3.63) is 53.4 Å². The topological polar surface area (TPSA) is 88.1 Å². The summed E-state index contributed by atoms with van der Waals surface area (Å²) in [6.07, 6.45) is 7.91. The summed E-state index contributed by atoms with van der Waals surface area (Å²) in [5.41, 5.74) is 2.29. The fraction of sp³-hybridized carbons (Fsp3) is 0.476. The highest BCUT2D eigenvalue weighted by atomic mass is 16.2. The van der Waals surface area contributed by atoms with Gasteiger partial charge in [0.15, 0.2) is 0 Å². The largest absolute Gasteiger partial charge is 0.352 e. The van der Waals surface area contributed by atoms with Gasteiger partial charge in [-0.05, 0) is 37.8 Å². The van der Waals surface area contributed by atoms with Crippen molar-refractivity contribution in [2.45, 2.75) is 45.4 Å². The smallest absolute Gasteiger partial charge is 0.254 e. The number of aryl methyl sites for hydroxylation is 1. The second-order valence-corrected chi connectivity index (χ2v) is 7.17. The maximum absolute atomic E-state index is 12.6. The van der Waals surface area contributed by atoms with Crippen molar-refractivity contribution in [1.29, 1.82) is 0 Å². The zero-order valence-electron chi connectivity index (χ0n) is 16.5. The van der Waals surface area contributed by atoms with E-state index in [1.165, 1.54) is 0 Å². The van der Waals surface area contributed by atoms with Crippen LogP contribution in [0.1, 0.15) is 59.5 Å². The van der Waals surface area contributed by atoms with E-state index in [1.807, 2.05) is 30.9 Å². The minimum Gasteiger partial charge on any atom is -0.352 e. The minimum atomic E-state index is -0.119. The number of amides is 2. The number of nitrogens with one attached hydrogen (secondary N) is 1. The molecule has 7 nitrogen and oxygen atoms in total. The van der Waals surface area contributed by atoms with Crippen molar-refractivity contribution < 1.29 is 9.59 Å². The number of aromatic nitrogens is 3. The first-order valence-corrected chi connectivity index (χ1v) is 9.87. The molecule has 1 N–H and O–H groups in total. The number of nitrogens with zero attached hydrogens (tertiary/aromatic N) is 4. The Labute approximate surface area is 165 Å². The molecular formula is C21H27N5O2. The fourth-order valence-electron chi connectivity index (χ4n) is 3.50. The first-order chi connectivity index (χ1) is 13.6. The van der Waals surface area contributed by atoms with Crippen molar-refractivity contribution in [3.8, 4) is 0 Å². The molecule has 0 aliphatic carbocycles. The van der Waals surface area contributed by atoms with Gasteiger partial charge in [0.25, 0.3) is 5.91 Å². The number of piperidine rings is 1. The van der Waals surface area contributed by atoms with Gasteiger partial charge in [-0.25, -0.2) is 9.97 Å². The molecule has 2 amide bonds. The minimum absolute atomic E-state index is 0.117. The van der Waals surface area contributed by atoms with Crippen LogP contribution >= 0.6 is 0 Å². The predicted molar refractivity (Wildman–Crippen MR) is 106 cm³/mol. The second kappa shape index (κ2) is 9.39. The van der Waals surface area contributed by atoms with Gasteiger partial charge in [-0.3, -0.25) is 14.6 Å². The molecule has 28 heavy (non-hydrogen) atoms. The summed E-state index contributed by atoms with van der Waals surface area (Å²) in [4.78, 5) is 39.8. The van der Waals surface area contributed by atoms with Crippen molar-refractivity contribution in [3.63, 3.8) is 0 Å². The molecule has 1 saturated heterocycles. The molecule has 1 aliphatic heterocycles. The molecule has 7 heteroatoms. The van der Waals surface area contributed by atoms with Gasteiger partial charge < -0.3 is 10.2 Å². The number of carbonyl (C=O) groups is 2. The Morgan fingerprint density at radius 2 is 2.04 bits per heavy atom. The molecule has 2 aromatic rings. The molecule has 148 valence electrons. The van der Waals surface area contributed by atoms with Gasteiger partial charge in [0, 0.05) is 44.1 Å². The lowest BCUT2D eigenvalue weighted by molar-refractivity contribution is -0.131. The lowest BCUT2D eigenvalue weighted by Crippen LogP contribution is -2.39. The Balaban J connectivity index is 1.65. The van der Waals surface area contributed by atoms with Gasteiger partial charge in [0.1, 0.15) is 5.82 Å². The molecule has 3 heterocycles. The van der Waals surface area contributed by atoms with E-state index in [2.05, 4.69) is 20.3 Å². The van der Waals surface area contributed by atoms with Crippen LogP contribution in [0.25, 0.3) is 0 Å². The predicted octanol–water partition coefficient (Wildman–Crippen LogP) is 2.27. The lowest BCUT2D eigenvalue weighted by Gasteiger charge is -2.32. The summed E-state index contributed by atoms with van der Waals surface area (Å²) in [7, 11) is 0. The zero-order valence-corrected chi connectivity index (χ0v) is 16.5. The van der Waals surface area contributed by atoms with Crippen LogP contribution in [0.5, 0.6) is 0 Å². The number of hydrogen-bond donors (Lipinski definition) is 1. The molecule has 1 fully saturated rings. The number of hydrogen-bond acceptors (Lipinski definition) is 5. The second-order valence-electron chi connectivity index (χ2n) is 7.17. The van der Waals surface area contributed by atoms with Gasteiger partial charge in [-0.1, -0.05) is 13.0 Å².